The highest BCUT2D eigenvalue weighted by Gasteiger charge is 2.11. The molecule has 1 heterocycles. The highest BCUT2D eigenvalue weighted by atomic mass is 16.6. The summed E-state index contributed by atoms with van der Waals surface area (Å²) in [6.45, 7) is 8.52. The molecule has 0 radical (unpaired) electrons. The Bertz CT molecular complexity index is 603. The fraction of sp³-hybridized carbons (Fsp3) is 0.474. The quantitative estimate of drug-likeness (QED) is 0.351. The van der Waals surface area contributed by atoms with Crippen LogP contribution < -0.4 is 0 Å². The largest absolute Gasteiger partial charge is 0.358 e. The van der Waals surface area contributed by atoms with Crippen LogP contribution in [-0.2, 0) is 6.42 Å². The van der Waals surface area contributed by atoms with Crippen LogP contribution >= 0.6 is 0 Å². The number of nitro groups is 1. The molecule has 1 aromatic rings. The van der Waals surface area contributed by atoms with Crippen LogP contribution in [0, 0.1) is 10.1 Å². The predicted molar refractivity (Wildman–Crippen MR) is 96.6 cm³/mol. The number of nitrogens with zero attached hydrogens (tertiary/aromatic N) is 1. The van der Waals surface area contributed by atoms with Crippen molar-refractivity contribution in [3.8, 4) is 0 Å². The zero-order valence-electron chi connectivity index (χ0n) is 14.7. The summed E-state index contributed by atoms with van der Waals surface area (Å²) >= 11 is 0. The van der Waals surface area contributed by atoms with Crippen LogP contribution in [0.15, 0.2) is 47.2 Å². The lowest BCUT2D eigenvalue weighted by atomic mass is 10.1. The van der Waals surface area contributed by atoms with Gasteiger partial charge in [-0.15, -0.1) is 0 Å². The lowest BCUT2D eigenvalue weighted by Gasteiger charge is -2.02. The normalized spacial score (nSPS) is 12.3. The van der Waals surface area contributed by atoms with Crippen LogP contribution in [0.1, 0.15) is 58.9 Å². The van der Waals surface area contributed by atoms with Crippen molar-refractivity contribution in [2.45, 2.75) is 59.8 Å². The first-order valence-electron chi connectivity index (χ1n) is 8.15. The van der Waals surface area contributed by atoms with Gasteiger partial charge in [0.1, 0.15) is 0 Å². The molecule has 0 spiro atoms. The number of allylic oxidation sites excluding steroid dienone is 6. The number of hydrogen-bond acceptors (Lipinski definition) is 2. The minimum absolute atomic E-state index is 0.101. The van der Waals surface area contributed by atoms with Gasteiger partial charge in [0.2, 0.25) is 0 Å². The average molecular weight is 316 g/mol. The molecule has 0 unspecified atom stereocenters. The molecule has 0 aliphatic rings. The lowest BCUT2D eigenvalue weighted by molar-refractivity contribution is -0.389. The molecule has 0 atom stereocenters. The third kappa shape index (κ3) is 7.63. The van der Waals surface area contributed by atoms with E-state index in [4.69, 9.17) is 0 Å². The molecule has 0 saturated heterocycles. The molecule has 0 saturated carbocycles. The molecule has 4 nitrogen and oxygen atoms in total. The summed E-state index contributed by atoms with van der Waals surface area (Å²) in [7, 11) is 0. The Labute approximate surface area is 139 Å². The van der Waals surface area contributed by atoms with E-state index in [1.807, 2.05) is 0 Å². The van der Waals surface area contributed by atoms with Gasteiger partial charge < -0.3 is 10.1 Å². The number of rotatable bonds is 9. The second kappa shape index (κ2) is 9.82. The molecule has 0 amide bonds. The molecular formula is C19H28N2O2. The summed E-state index contributed by atoms with van der Waals surface area (Å²) in [5.74, 6) is 0.101. The van der Waals surface area contributed by atoms with Crippen LogP contribution in [0.25, 0.3) is 0 Å². The van der Waals surface area contributed by atoms with Gasteiger partial charge in [-0.1, -0.05) is 34.9 Å². The SMILES string of the molecule is CC(C)=CCC/C(C)=C/CC/C(C)=C/Cc1cc[nH]c1[N+](=O)[O-]. The fourth-order valence-corrected chi connectivity index (χ4v) is 2.35. The highest BCUT2D eigenvalue weighted by Crippen LogP contribution is 2.18. The lowest BCUT2D eigenvalue weighted by Crippen LogP contribution is -1.92. The van der Waals surface area contributed by atoms with E-state index >= 15 is 0 Å². The first kappa shape index (κ1) is 18.9. The van der Waals surface area contributed by atoms with Gasteiger partial charge in [0.25, 0.3) is 0 Å². The summed E-state index contributed by atoms with van der Waals surface area (Å²) in [6.07, 6.45) is 13.1. The minimum atomic E-state index is -0.364. The number of H-pyrrole nitrogens is 1. The molecule has 0 bridgehead atoms. The molecule has 1 rings (SSSR count). The van der Waals surface area contributed by atoms with E-state index in [1.165, 1.54) is 16.7 Å². The first-order valence-corrected chi connectivity index (χ1v) is 8.15. The molecule has 4 heteroatoms. The van der Waals surface area contributed by atoms with Gasteiger partial charge >= 0.3 is 5.82 Å². The van der Waals surface area contributed by atoms with E-state index < -0.39 is 0 Å². The molecular weight excluding hydrogens is 288 g/mol. The van der Waals surface area contributed by atoms with Crippen LogP contribution in [-0.4, -0.2) is 9.91 Å². The molecule has 0 aliphatic heterocycles. The predicted octanol–water partition coefficient (Wildman–Crippen LogP) is 5.88. The minimum Gasteiger partial charge on any atom is -0.358 e. The zero-order valence-corrected chi connectivity index (χ0v) is 14.7. The maximum absolute atomic E-state index is 10.8. The van der Waals surface area contributed by atoms with Crippen molar-refractivity contribution in [3.05, 3.63) is 62.9 Å². The third-order valence-electron chi connectivity index (χ3n) is 3.78. The summed E-state index contributed by atoms with van der Waals surface area (Å²) in [4.78, 5) is 13.2. The van der Waals surface area contributed by atoms with Gasteiger partial charge in [-0.05, 0) is 70.8 Å². The van der Waals surface area contributed by atoms with Crippen molar-refractivity contribution >= 4 is 5.82 Å². The molecule has 0 aliphatic carbocycles. The Kier molecular flexibility index (Phi) is 8.09. The molecule has 0 fully saturated rings. The Morgan fingerprint density at radius 1 is 1.09 bits per heavy atom. The van der Waals surface area contributed by atoms with Crippen LogP contribution in [0.5, 0.6) is 0 Å². The molecule has 1 aromatic heterocycles. The fourth-order valence-electron chi connectivity index (χ4n) is 2.35. The van der Waals surface area contributed by atoms with Crippen LogP contribution in [0.3, 0.4) is 0 Å². The smallest absolute Gasteiger partial charge is 0.324 e. The third-order valence-corrected chi connectivity index (χ3v) is 3.78. The van der Waals surface area contributed by atoms with Gasteiger partial charge in [0.05, 0.1) is 11.8 Å². The Morgan fingerprint density at radius 3 is 2.30 bits per heavy atom. The van der Waals surface area contributed by atoms with Gasteiger partial charge in [-0.2, -0.15) is 0 Å². The maximum Gasteiger partial charge on any atom is 0.324 e. The molecule has 126 valence electrons. The van der Waals surface area contributed by atoms with Crippen molar-refractivity contribution < 1.29 is 4.92 Å². The van der Waals surface area contributed by atoms with Gasteiger partial charge in [0, 0.05) is 0 Å². The standard InChI is InChI=1S/C19H28N2O2/c1-15(2)7-5-8-16(3)9-6-10-17(4)11-12-18-13-14-20-19(18)21(22)23/h7,9,11,13-14,20H,5-6,8,10,12H2,1-4H3/b16-9+,17-11+. The average Bonchev–Trinajstić information content (AvgIpc) is 2.93. The Balaban J connectivity index is 2.41. The molecule has 1 N–H and O–H groups in total. The van der Waals surface area contributed by atoms with E-state index in [9.17, 15) is 10.1 Å². The number of nitrogens with one attached hydrogen (secondary N) is 1. The van der Waals surface area contributed by atoms with Crippen molar-refractivity contribution in [1.29, 1.82) is 0 Å². The maximum atomic E-state index is 10.8. The van der Waals surface area contributed by atoms with E-state index in [0.29, 0.717) is 6.42 Å². The summed E-state index contributed by atoms with van der Waals surface area (Å²) in [6, 6.07) is 1.77. The summed E-state index contributed by atoms with van der Waals surface area (Å²) in [5, 5.41) is 10.8. The number of aromatic amines is 1. The van der Waals surface area contributed by atoms with Crippen molar-refractivity contribution in [3.63, 3.8) is 0 Å². The summed E-state index contributed by atoms with van der Waals surface area (Å²) in [5.41, 5.74) is 4.81. The van der Waals surface area contributed by atoms with E-state index in [-0.39, 0.29) is 10.7 Å². The van der Waals surface area contributed by atoms with Gasteiger partial charge in [-0.25, -0.2) is 4.98 Å². The highest BCUT2D eigenvalue weighted by molar-refractivity contribution is 5.34. The van der Waals surface area contributed by atoms with E-state index in [2.05, 4.69) is 50.9 Å². The molecule has 0 aromatic carbocycles. The van der Waals surface area contributed by atoms with Crippen molar-refractivity contribution in [1.82, 2.24) is 4.98 Å². The summed E-state index contributed by atoms with van der Waals surface area (Å²) < 4.78 is 0. The molecule has 23 heavy (non-hydrogen) atoms. The van der Waals surface area contributed by atoms with Crippen molar-refractivity contribution in [2.24, 2.45) is 0 Å². The van der Waals surface area contributed by atoms with E-state index in [0.717, 1.165) is 31.2 Å². The number of hydrogen-bond donors (Lipinski definition) is 1. The van der Waals surface area contributed by atoms with Crippen LogP contribution in [0.2, 0.25) is 0 Å². The first-order chi connectivity index (χ1) is 10.9. The van der Waals surface area contributed by atoms with Crippen molar-refractivity contribution in [2.75, 3.05) is 0 Å². The van der Waals surface area contributed by atoms with Gasteiger partial charge in [-0.3, -0.25) is 0 Å². The monoisotopic (exact) mass is 316 g/mol. The zero-order chi connectivity index (χ0) is 17.2. The van der Waals surface area contributed by atoms with Crippen LogP contribution in [0.4, 0.5) is 5.82 Å². The second-order valence-electron chi connectivity index (χ2n) is 6.27. The topological polar surface area (TPSA) is 58.9 Å². The van der Waals surface area contributed by atoms with Gasteiger partial charge in [0.15, 0.2) is 0 Å². The Morgan fingerprint density at radius 2 is 1.70 bits per heavy atom. The number of aromatic nitrogens is 1. The Hall–Kier alpha value is -2.10. The second-order valence-corrected chi connectivity index (χ2v) is 6.27. The van der Waals surface area contributed by atoms with E-state index in [1.54, 1.807) is 12.3 Å².